The van der Waals surface area contributed by atoms with Crippen molar-refractivity contribution in [2.75, 3.05) is 6.79 Å². The summed E-state index contributed by atoms with van der Waals surface area (Å²) < 4.78 is 11.8. The lowest BCUT2D eigenvalue weighted by molar-refractivity contribution is -0.141. The summed E-state index contributed by atoms with van der Waals surface area (Å²) in [6.07, 6.45) is 2.06. The normalized spacial score (nSPS) is 13.6. The van der Waals surface area contributed by atoms with Crippen LogP contribution in [0.5, 0.6) is 11.5 Å². The molecule has 1 aliphatic heterocycles. The number of amides is 2. The summed E-state index contributed by atoms with van der Waals surface area (Å²) in [7, 11) is 0. The van der Waals surface area contributed by atoms with Crippen LogP contribution >= 0.6 is 15.9 Å². The van der Waals surface area contributed by atoms with Crippen molar-refractivity contribution in [2.24, 2.45) is 0 Å². The number of nitrogens with one attached hydrogen (secondary N) is 1. The lowest BCUT2D eigenvalue weighted by atomic mass is 10.0. The van der Waals surface area contributed by atoms with Crippen LogP contribution in [0.4, 0.5) is 0 Å². The molecule has 0 aliphatic carbocycles. The van der Waals surface area contributed by atoms with Gasteiger partial charge >= 0.3 is 0 Å². The molecule has 0 saturated carbocycles. The first kappa shape index (κ1) is 26.7. The molecule has 0 spiro atoms. The maximum absolute atomic E-state index is 13.8. The summed E-state index contributed by atoms with van der Waals surface area (Å²) in [6, 6.07) is 22.9. The molecule has 2 amide bonds. The zero-order valence-corrected chi connectivity index (χ0v) is 22.9. The second-order valence-electron chi connectivity index (χ2n) is 9.36. The Morgan fingerprint density at radius 1 is 0.946 bits per heavy atom. The molecule has 0 aromatic heterocycles. The van der Waals surface area contributed by atoms with Gasteiger partial charge in [0, 0.05) is 29.9 Å². The van der Waals surface area contributed by atoms with Crippen LogP contribution in [0.3, 0.4) is 0 Å². The molecule has 0 fully saturated rings. The minimum absolute atomic E-state index is 0.0160. The highest BCUT2D eigenvalue weighted by Crippen LogP contribution is 2.33. The molecule has 0 unspecified atom stereocenters. The third-order valence-electron chi connectivity index (χ3n) is 6.58. The molecule has 0 saturated heterocycles. The predicted molar refractivity (Wildman–Crippen MR) is 147 cm³/mol. The smallest absolute Gasteiger partial charge is 0.243 e. The van der Waals surface area contributed by atoms with E-state index >= 15 is 0 Å². The molecule has 1 heterocycles. The SMILES string of the molecule is CC[C@@H](C)NC(=O)[C@H](Cc1ccccc1)N(Cc1cccc(Br)c1)C(=O)CCc1ccc2c(c1)OCO2. The van der Waals surface area contributed by atoms with E-state index in [1.165, 1.54) is 0 Å². The van der Waals surface area contributed by atoms with Crippen molar-refractivity contribution < 1.29 is 19.1 Å². The van der Waals surface area contributed by atoms with Crippen molar-refractivity contribution >= 4 is 27.7 Å². The van der Waals surface area contributed by atoms with Crippen LogP contribution in [0.15, 0.2) is 77.3 Å². The molecule has 194 valence electrons. The molecule has 1 aliphatic rings. The van der Waals surface area contributed by atoms with Gasteiger partial charge in [-0.15, -0.1) is 0 Å². The van der Waals surface area contributed by atoms with Crippen LogP contribution in [-0.4, -0.2) is 35.6 Å². The minimum Gasteiger partial charge on any atom is -0.454 e. The van der Waals surface area contributed by atoms with Gasteiger partial charge in [-0.1, -0.05) is 71.4 Å². The minimum atomic E-state index is -0.639. The van der Waals surface area contributed by atoms with Crippen molar-refractivity contribution in [2.45, 2.75) is 58.2 Å². The highest BCUT2D eigenvalue weighted by molar-refractivity contribution is 9.10. The van der Waals surface area contributed by atoms with Gasteiger partial charge in [-0.05, 0) is 60.7 Å². The molecule has 4 rings (SSSR count). The lowest BCUT2D eigenvalue weighted by Gasteiger charge is -2.32. The fourth-order valence-corrected chi connectivity index (χ4v) is 4.77. The van der Waals surface area contributed by atoms with Gasteiger partial charge in [0.25, 0.3) is 0 Å². The van der Waals surface area contributed by atoms with E-state index in [2.05, 4.69) is 21.2 Å². The molecule has 3 aromatic carbocycles. The maximum Gasteiger partial charge on any atom is 0.243 e. The number of hydrogen-bond donors (Lipinski definition) is 1. The molecule has 2 atom stereocenters. The Morgan fingerprint density at radius 3 is 2.46 bits per heavy atom. The summed E-state index contributed by atoms with van der Waals surface area (Å²) >= 11 is 3.53. The first-order valence-corrected chi connectivity index (χ1v) is 13.5. The van der Waals surface area contributed by atoms with Crippen molar-refractivity contribution in [3.8, 4) is 11.5 Å². The van der Waals surface area contributed by atoms with Gasteiger partial charge in [-0.2, -0.15) is 0 Å². The van der Waals surface area contributed by atoms with E-state index in [-0.39, 0.29) is 31.1 Å². The summed E-state index contributed by atoms with van der Waals surface area (Å²) in [6.45, 7) is 4.57. The Balaban J connectivity index is 1.60. The van der Waals surface area contributed by atoms with E-state index < -0.39 is 6.04 Å². The van der Waals surface area contributed by atoms with E-state index in [4.69, 9.17) is 9.47 Å². The highest BCUT2D eigenvalue weighted by Gasteiger charge is 2.31. The van der Waals surface area contributed by atoms with Crippen LogP contribution < -0.4 is 14.8 Å². The Hall–Kier alpha value is -3.32. The number of benzene rings is 3. The van der Waals surface area contributed by atoms with Crippen molar-refractivity contribution in [3.05, 3.63) is 94.0 Å². The number of fused-ring (bicyclic) bond motifs is 1. The van der Waals surface area contributed by atoms with Gasteiger partial charge in [0.1, 0.15) is 6.04 Å². The number of carbonyl (C=O) groups is 2. The Bertz CT molecular complexity index is 1220. The molecular weight excluding hydrogens is 532 g/mol. The number of halogens is 1. The van der Waals surface area contributed by atoms with E-state index in [9.17, 15) is 9.59 Å². The lowest BCUT2D eigenvalue weighted by Crippen LogP contribution is -2.52. The van der Waals surface area contributed by atoms with Crippen LogP contribution in [0.2, 0.25) is 0 Å². The molecule has 6 nitrogen and oxygen atoms in total. The van der Waals surface area contributed by atoms with Gasteiger partial charge in [0.2, 0.25) is 18.6 Å². The molecule has 1 N–H and O–H groups in total. The number of ether oxygens (including phenoxy) is 2. The topological polar surface area (TPSA) is 67.9 Å². The number of nitrogens with zero attached hydrogens (tertiary/aromatic N) is 1. The van der Waals surface area contributed by atoms with Crippen molar-refractivity contribution in [1.29, 1.82) is 0 Å². The number of hydrogen-bond acceptors (Lipinski definition) is 4. The predicted octanol–water partition coefficient (Wildman–Crippen LogP) is 5.67. The number of rotatable bonds is 11. The van der Waals surface area contributed by atoms with E-state index in [1.54, 1.807) is 4.90 Å². The first-order valence-electron chi connectivity index (χ1n) is 12.7. The zero-order chi connectivity index (χ0) is 26.2. The van der Waals surface area contributed by atoms with Gasteiger partial charge in [-0.25, -0.2) is 0 Å². The van der Waals surface area contributed by atoms with Crippen LogP contribution in [0.25, 0.3) is 0 Å². The molecule has 37 heavy (non-hydrogen) atoms. The first-order chi connectivity index (χ1) is 17.9. The molecule has 7 heteroatoms. The monoisotopic (exact) mass is 564 g/mol. The number of carbonyl (C=O) groups excluding carboxylic acids is 2. The van der Waals surface area contributed by atoms with E-state index in [1.807, 2.05) is 86.6 Å². The molecule has 0 bridgehead atoms. The average molecular weight is 566 g/mol. The third kappa shape index (κ3) is 7.35. The van der Waals surface area contributed by atoms with E-state index in [0.717, 1.165) is 33.3 Å². The maximum atomic E-state index is 13.8. The second-order valence-corrected chi connectivity index (χ2v) is 10.3. The fraction of sp³-hybridized carbons (Fsp3) is 0.333. The molecule has 0 radical (unpaired) electrons. The second kappa shape index (κ2) is 12.8. The Morgan fingerprint density at radius 2 is 1.70 bits per heavy atom. The Kier molecular flexibility index (Phi) is 9.23. The van der Waals surface area contributed by atoms with Gasteiger partial charge < -0.3 is 19.7 Å². The van der Waals surface area contributed by atoms with Crippen LogP contribution in [0.1, 0.15) is 43.4 Å². The van der Waals surface area contributed by atoms with Gasteiger partial charge in [0.05, 0.1) is 0 Å². The van der Waals surface area contributed by atoms with Gasteiger partial charge in [-0.3, -0.25) is 9.59 Å². The molecular formula is C30H33BrN2O4. The van der Waals surface area contributed by atoms with Gasteiger partial charge in [0.15, 0.2) is 11.5 Å². The van der Waals surface area contributed by atoms with Crippen molar-refractivity contribution in [1.82, 2.24) is 10.2 Å². The summed E-state index contributed by atoms with van der Waals surface area (Å²) in [5.74, 6) is 1.21. The summed E-state index contributed by atoms with van der Waals surface area (Å²) in [5, 5.41) is 3.11. The standard InChI is InChI=1S/C30H33BrN2O4/c1-3-21(2)32-30(35)26(17-22-8-5-4-6-9-22)33(19-24-10-7-11-25(31)16-24)29(34)15-13-23-12-14-27-28(18-23)37-20-36-27/h4-12,14,16,18,21,26H,3,13,15,17,19-20H2,1-2H3,(H,32,35)/t21-,26+/m1/s1. The Labute approximate surface area is 227 Å². The summed E-state index contributed by atoms with van der Waals surface area (Å²) in [5.41, 5.74) is 2.96. The largest absolute Gasteiger partial charge is 0.454 e. The quantitative estimate of drug-likeness (QED) is 0.326. The molecule has 3 aromatic rings. The number of aryl methyl sites for hydroxylation is 1. The van der Waals surface area contributed by atoms with E-state index in [0.29, 0.717) is 25.1 Å². The van der Waals surface area contributed by atoms with Crippen LogP contribution in [0, 0.1) is 0 Å². The highest BCUT2D eigenvalue weighted by atomic mass is 79.9. The zero-order valence-electron chi connectivity index (χ0n) is 21.3. The fourth-order valence-electron chi connectivity index (χ4n) is 4.32. The van der Waals surface area contributed by atoms with Crippen LogP contribution in [-0.2, 0) is 29.0 Å². The van der Waals surface area contributed by atoms with Crippen molar-refractivity contribution in [3.63, 3.8) is 0 Å². The average Bonchev–Trinajstić information content (AvgIpc) is 3.38. The summed E-state index contributed by atoms with van der Waals surface area (Å²) in [4.78, 5) is 29.1. The third-order valence-corrected chi connectivity index (χ3v) is 7.07.